The number of rotatable bonds is 1. The summed E-state index contributed by atoms with van der Waals surface area (Å²) >= 11 is 3.21. The quantitative estimate of drug-likeness (QED) is 0.574. The van der Waals surface area contributed by atoms with Gasteiger partial charge in [0.25, 0.3) is 0 Å². The third-order valence-corrected chi connectivity index (χ3v) is 4.24. The average Bonchev–Trinajstić information content (AvgIpc) is 2.42. The van der Waals surface area contributed by atoms with Crippen LogP contribution in [-0.4, -0.2) is 39.8 Å². The lowest BCUT2D eigenvalue weighted by Gasteiger charge is -2.31. The summed E-state index contributed by atoms with van der Waals surface area (Å²) in [6.45, 7) is 1.75. The molecule has 2 rings (SSSR count). The van der Waals surface area contributed by atoms with Crippen molar-refractivity contribution in [2.45, 2.75) is 32.7 Å². The zero-order valence-electron chi connectivity index (χ0n) is 12.2. The first-order valence-corrected chi connectivity index (χ1v) is 7.69. The minimum absolute atomic E-state index is 0.00580. The molecule has 0 bridgehead atoms. The maximum absolute atomic E-state index is 14.4. The number of hydrogen-bond acceptors (Lipinski definition) is 4. The van der Waals surface area contributed by atoms with Gasteiger partial charge in [-0.25, -0.2) is 4.39 Å². The van der Waals surface area contributed by atoms with Gasteiger partial charge < -0.3 is 5.11 Å². The Morgan fingerprint density at radius 2 is 2.00 bits per heavy atom. The van der Waals surface area contributed by atoms with Gasteiger partial charge in [0.15, 0.2) is 5.78 Å². The fourth-order valence-corrected chi connectivity index (χ4v) is 3.25. The van der Waals surface area contributed by atoms with Crippen LogP contribution in [0.3, 0.4) is 0 Å². The minimum atomic E-state index is -1.68. The van der Waals surface area contributed by atoms with E-state index in [-0.39, 0.29) is 34.8 Å². The van der Waals surface area contributed by atoms with E-state index in [9.17, 15) is 24.3 Å². The van der Waals surface area contributed by atoms with E-state index in [4.69, 9.17) is 0 Å². The van der Waals surface area contributed by atoms with Gasteiger partial charge in [-0.2, -0.15) is 0 Å². The number of aryl methyl sites for hydroxylation is 1. The standard InChI is InChI=1S/C14H16BBrFNO4/c1-7-3-11(19)14(21)15(18(22)12(20)4-7)10-6-9(16)5-8(2)13(10)17/h5-7,14,21-22H,3-4H2,1-2H3. The van der Waals surface area contributed by atoms with E-state index in [1.54, 1.807) is 6.92 Å². The lowest BCUT2D eigenvalue weighted by molar-refractivity contribution is -0.151. The normalized spacial score (nSPS) is 23.5. The second-order valence-electron chi connectivity index (χ2n) is 5.73. The first kappa shape index (κ1) is 17.1. The number of carbonyl (C=O) groups excluding carboxylic acids is 2. The molecule has 1 aromatic carbocycles. The first-order valence-electron chi connectivity index (χ1n) is 6.89. The molecule has 8 heteroatoms. The van der Waals surface area contributed by atoms with Crippen molar-refractivity contribution >= 4 is 39.9 Å². The number of nitrogens with zero attached hydrogens (tertiary/aromatic N) is 1. The summed E-state index contributed by atoms with van der Waals surface area (Å²) in [7, 11) is 0. The van der Waals surface area contributed by atoms with Gasteiger partial charge in [0.2, 0.25) is 5.91 Å². The van der Waals surface area contributed by atoms with Crippen molar-refractivity contribution in [1.29, 1.82) is 0 Å². The molecular formula is C14H16BBrFNO4. The van der Waals surface area contributed by atoms with Crippen molar-refractivity contribution < 1.29 is 24.3 Å². The monoisotopic (exact) mass is 371 g/mol. The Morgan fingerprint density at radius 3 is 2.64 bits per heavy atom. The lowest BCUT2D eigenvalue weighted by atomic mass is 9.48. The molecule has 0 spiro atoms. The van der Waals surface area contributed by atoms with Crippen LogP contribution in [-0.2, 0) is 9.59 Å². The number of carbonyl (C=O) groups is 2. The molecule has 2 atom stereocenters. The summed E-state index contributed by atoms with van der Waals surface area (Å²) < 4.78 is 14.9. The van der Waals surface area contributed by atoms with Crippen LogP contribution in [0.4, 0.5) is 4.39 Å². The number of halogens is 2. The SMILES string of the molecule is Cc1cc(Br)cc(B2C(O)C(=O)CC(C)CC(=O)N2O)c1F. The summed E-state index contributed by atoms with van der Waals surface area (Å²) in [6.07, 6.45) is -0.0358. The summed E-state index contributed by atoms with van der Waals surface area (Å²) in [4.78, 5) is 24.4. The van der Waals surface area contributed by atoms with Crippen molar-refractivity contribution in [2.75, 3.05) is 0 Å². The number of hydroxylamine groups is 1. The van der Waals surface area contributed by atoms with Gasteiger partial charge in [-0.1, -0.05) is 22.9 Å². The Hall–Kier alpha value is -1.25. The molecule has 1 aliphatic rings. The van der Waals surface area contributed by atoms with E-state index in [0.717, 1.165) is 0 Å². The first-order chi connectivity index (χ1) is 10.2. The molecule has 1 amide bonds. The highest BCUT2D eigenvalue weighted by atomic mass is 79.9. The van der Waals surface area contributed by atoms with Crippen LogP contribution in [0.1, 0.15) is 25.3 Å². The van der Waals surface area contributed by atoms with Crippen LogP contribution in [0.5, 0.6) is 0 Å². The second kappa shape index (κ2) is 6.48. The van der Waals surface area contributed by atoms with Crippen molar-refractivity contribution in [3.63, 3.8) is 0 Å². The van der Waals surface area contributed by atoms with E-state index in [2.05, 4.69) is 15.9 Å². The Bertz CT molecular complexity index is 603. The number of hydrogen-bond donors (Lipinski definition) is 2. The zero-order chi connectivity index (χ0) is 16.6. The van der Waals surface area contributed by atoms with Crippen LogP contribution in [0.25, 0.3) is 0 Å². The van der Waals surface area contributed by atoms with Crippen molar-refractivity contribution in [1.82, 2.24) is 4.97 Å². The third-order valence-electron chi connectivity index (χ3n) is 3.79. The highest BCUT2D eigenvalue weighted by Gasteiger charge is 2.44. The number of Topliss-reactive ketones (excluding diaryl/α,β-unsaturated/α-hetero) is 1. The molecule has 1 fully saturated rings. The van der Waals surface area contributed by atoms with Crippen LogP contribution in [0.2, 0.25) is 0 Å². The molecule has 0 aliphatic carbocycles. The topological polar surface area (TPSA) is 77.8 Å². The highest BCUT2D eigenvalue weighted by Crippen LogP contribution is 2.20. The van der Waals surface area contributed by atoms with Crippen LogP contribution in [0, 0.1) is 18.7 Å². The van der Waals surface area contributed by atoms with Gasteiger partial charge in [-0.15, -0.1) is 0 Å². The van der Waals surface area contributed by atoms with E-state index >= 15 is 0 Å². The average molecular weight is 372 g/mol. The summed E-state index contributed by atoms with van der Waals surface area (Å²) in [5.41, 5.74) is 0.179. The summed E-state index contributed by atoms with van der Waals surface area (Å²) in [5, 5.41) is 20.3. The molecule has 5 nitrogen and oxygen atoms in total. The van der Waals surface area contributed by atoms with Gasteiger partial charge in [0, 0.05) is 17.3 Å². The molecule has 2 N–H and O–H groups in total. The lowest BCUT2D eigenvalue weighted by Crippen LogP contribution is -2.61. The van der Waals surface area contributed by atoms with E-state index in [1.807, 2.05) is 0 Å². The number of aliphatic hydroxyl groups excluding tert-OH is 1. The Morgan fingerprint density at radius 1 is 1.36 bits per heavy atom. The fraction of sp³-hybridized carbons (Fsp3) is 0.429. The second-order valence-corrected chi connectivity index (χ2v) is 6.65. The Labute approximate surface area is 136 Å². The predicted molar refractivity (Wildman–Crippen MR) is 82.3 cm³/mol. The van der Waals surface area contributed by atoms with Crippen molar-refractivity contribution in [3.05, 3.63) is 28.0 Å². The van der Waals surface area contributed by atoms with Gasteiger partial charge in [-0.3, -0.25) is 19.8 Å². The molecule has 1 aromatic rings. The van der Waals surface area contributed by atoms with E-state index in [0.29, 0.717) is 4.47 Å². The fourth-order valence-electron chi connectivity index (χ4n) is 2.66. The molecule has 0 aromatic heterocycles. The Kier molecular flexibility index (Phi) is 5.04. The van der Waals surface area contributed by atoms with Gasteiger partial charge >= 0.3 is 6.85 Å². The molecule has 1 saturated heterocycles. The van der Waals surface area contributed by atoms with Crippen LogP contribution >= 0.6 is 15.9 Å². The third kappa shape index (κ3) is 3.23. The minimum Gasteiger partial charge on any atom is -0.391 e. The molecule has 0 radical (unpaired) electrons. The number of benzene rings is 1. The zero-order valence-corrected chi connectivity index (χ0v) is 13.8. The number of aliphatic hydroxyl groups is 1. The maximum atomic E-state index is 14.4. The van der Waals surface area contributed by atoms with Crippen molar-refractivity contribution in [2.24, 2.45) is 5.92 Å². The van der Waals surface area contributed by atoms with E-state index < -0.39 is 30.4 Å². The van der Waals surface area contributed by atoms with Gasteiger partial charge in [0.05, 0.1) is 0 Å². The van der Waals surface area contributed by atoms with Crippen molar-refractivity contribution in [3.8, 4) is 0 Å². The van der Waals surface area contributed by atoms with Gasteiger partial charge in [0.1, 0.15) is 11.8 Å². The largest absolute Gasteiger partial charge is 0.391 e. The molecule has 0 saturated carbocycles. The van der Waals surface area contributed by atoms with Gasteiger partial charge in [-0.05, 0) is 36.0 Å². The predicted octanol–water partition coefficient (Wildman–Crippen LogP) is 1.21. The Balaban J connectivity index is 2.54. The molecule has 1 heterocycles. The molecule has 22 heavy (non-hydrogen) atoms. The molecule has 1 aliphatic heterocycles. The van der Waals surface area contributed by atoms with Crippen LogP contribution < -0.4 is 5.46 Å². The number of ketones is 1. The molecule has 118 valence electrons. The molecular weight excluding hydrogens is 356 g/mol. The number of amides is 1. The van der Waals surface area contributed by atoms with Crippen LogP contribution in [0.15, 0.2) is 16.6 Å². The molecule has 2 unspecified atom stereocenters. The summed E-state index contributed by atoms with van der Waals surface area (Å²) in [6, 6.07) is 1.20. The van der Waals surface area contributed by atoms with E-state index in [1.165, 1.54) is 19.1 Å². The smallest absolute Gasteiger partial charge is 0.365 e. The summed E-state index contributed by atoms with van der Waals surface area (Å²) in [5.74, 6) is -2.14. The maximum Gasteiger partial charge on any atom is 0.365 e. The highest BCUT2D eigenvalue weighted by molar-refractivity contribution is 9.10.